The van der Waals surface area contributed by atoms with Crippen molar-refractivity contribution >= 4 is 33.6 Å². The van der Waals surface area contributed by atoms with Gasteiger partial charge in [0.15, 0.2) is 0 Å². The maximum atomic E-state index is 11.9. The minimum atomic E-state index is -3.21. The van der Waals surface area contributed by atoms with Gasteiger partial charge in [-0.1, -0.05) is 18.2 Å². The molecular formula is C18H18N4O4S. The number of carbonyl (C=O) groups excluding carboxylic acids is 2. The molecule has 0 spiro atoms. The lowest BCUT2D eigenvalue weighted by Gasteiger charge is -2.16. The Morgan fingerprint density at radius 3 is 2.48 bits per heavy atom. The van der Waals surface area contributed by atoms with Gasteiger partial charge in [-0.25, -0.2) is 8.42 Å². The number of nitrogens with one attached hydrogen (secondary N) is 2. The maximum Gasteiger partial charge on any atom is 0.288 e. The number of hydrogen-bond acceptors (Lipinski definition) is 5. The van der Waals surface area contributed by atoms with Crippen molar-refractivity contribution in [3.05, 3.63) is 66.0 Å². The van der Waals surface area contributed by atoms with Crippen LogP contribution in [0.2, 0.25) is 0 Å². The zero-order chi connectivity index (χ0) is 19.3. The second-order valence-corrected chi connectivity index (χ2v) is 7.84. The molecule has 0 aliphatic carbocycles. The zero-order valence-electron chi connectivity index (χ0n) is 14.3. The lowest BCUT2D eigenvalue weighted by atomic mass is 10.2. The number of nitrogens with zero attached hydrogens (tertiary/aromatic N) is 2. The molecule has 0 saturated carbocycles. The molecular weight excluding hydrogens is 368 g/mol. The Morgan fingerprint density at radius 2 is 1.85 bits per heavy atom. The van der Waals surface area contributed by atoms with Crippen molar-refractivity contribution in [2.45, 2.75) is 6.42 Å². The summed E-state index contributed by atoms with van der Waals surface area (Å²) in [4.78, 5) is 27.4. The summed E-state index contributed by atoms with van der Waals surface area (Å²) in [6, 6.07) is 11.7. The Balaban J connectivity index is 1.54. The smallest absolute Gasteiger partial charge is 0.270 e. The van der Waals surface area contributed by atoms with Crippen LogP contribution in [0.25, 0.3) is 6.08 Å². The average Bonchev–Trinajstić information content (AvgIpc) is 3.04. The Bertz CT molecular complexity index is 957. The highest BCUT2D eigenvalue weighted by Crippen LogP contribution is 2.24. The molecule has 2 heterocycles. The van der Waals surface area contributed by atoms with Gasteiger partial charge in [-0.05, 0) is 42.3 Å². The molecule has 1 aliphatic rings. The van der Waals surface area contributed by atoms with Crippen LogP contribution in [0.1, 0.15) is 22.5 Å². The summed E-state index contributed by atoms with van der Waals surface area (Å²) in [6.45, 7) is 0.482. The highest BCUT2D eigenvalue weighted by atomic mass is 32.2. The summed E-state index contributed by atoms with van der Waals surface area (Å²) in [5, 5.41) is 0. The van der Waals surface area contributed by atoms with Crippen molar-refractivity contribution in [1.82, 2.24) is 15.8 Å². The molecule has 0 bridgehead atoms. The molecule has 1 aromatic heterocycles. The van der Waals surface area contributed by atoms with Crippen LogP contribution in [0.3, 0.4) is 0 Å². The number of carbonyl (C=O) groups is 2. The normalized spacial score (nSPS) is 15.6. The quantitative estimate of drug-likeness (QED) is 0.604. The molecule has 2 N–H and O–H groups in total. The van der Waals surface area contributed by atoms with E-state index in [2.05, 4.69) is 15.8 Å². The number of amides is 2. The molecule has 2 aromatic rings. The topological polar surface area (TPSA) is 108 Å². The van der Waals surface area contributed by atoms with E-state index in [1.165, 1.54) is 22.6 Å². The van der Waals surface area contributed by atoms with Crippen LogP contribution in [0.15, 0.2) is 54.7 Å². The highest BCUT2D eigenvalue weighted by molar-refractivity contribution is 7.93. The maximum absolute atomic E-state index is 11.9. The van der Waals surface area contributed by atoms with Crippen molar-refractivity contribution in [3.8, 4) is 0 Å². The van der Waals surface area contributed by atoms with Crippen molar-refractivity contribution < 1.29 is 18.0 Å². The van der Waals surface area contributed by atoms with Crippen LogP contribution in [-0.2, 0) is 14.8 Å². The fraction of sp³-hybridized carbons (Fsp3) is 0.167. The molecule has 3 rings (SSSR count). The SMILES string of the molecule is O=C(/C=C/c1ccc(N2CCCS2(=O)=O)cc1)NNC(=O)c1ccccn1. The predicted octanol–water partition coefficient (Wildman–Crippen LogP) is 1.10. The Morgan fingerprint density at radius 1 is 1.07 bits per heavy atom. The Kier molecular flexibility index (Phi) is 5.51. The number of rotatable bonds is 4. The van der Waals surface area contributed by atoms with Gasteiger partial charge in [0.1, 0.15) is 5.69 Å². The molecule has 140 valence electrons. The number of pyridine rings is 1. The van der Waals surface area contributed by atoms with Crippen LogP contribution in [-0.4, -0.2) is 37.5 Å². The van der Waals surface area contributed by atoms with Crippen LogP contribution < -0.4 is 15.2 Å². The number of sulfonamides is 1. The van der Waals surface area contributed by atoms with Crippen molar-refractivity contribution in [1.29, 1.82) is 0 Å². The predicted molar refractivity (Wildman–Crippen MR) is 101 cm³/mol. The standard InChI is InChI=1S/C18H18N4O4S/c23-17(20-21-18(24)16-4-1-2-11-19-16)10-7-14-5-8-15(9-6-14)22-12-3-13-27(22,25)26/h1-2,4-11H,3,12-13H2,(H,20,23)(H,21,24)/b10-7+. The van der Waals surface area contributed by atoms with Crippen molar-refractivity contribution in [3.63, 3.8) is 0 Å². The van der Waals surface area contributed by atoms with Gasteiger partial charge in [0, 0.05) is 18.8 Å². The van der Waals surface area contributed by atoms with Crippen LogP contribution >= 0.6 is 0 Å². The monoisotopic (exact) mass is 386 g/mol. The first-order chi connectivity index (χ1) is 13.0. The Labute approximate surface area is 156 Å². The van der Waals surface area contributed by atoms with E-state index in [0.717, 1.165) is 5.56 Å². The van der Waals surface area contributed by atoms with E-state index < -0.39 is 21.8 Å². The van der Waals surface area contributed by atoms with Gasteiger partial charge >= 0.3 is 0 Å². The van der Waals surface area contributed by atoms with Crippen molar-refractivity contribution in [2.24, 2.45) is 0 Å². The van der Waals surface area contributed by atoms with E-state index in [1.807, 2.05) is 0 Å². The van der Waals surface area contributed by atoms with Gasteiger partial charge in [-0.3, -0.25) is 29.7 Å². The van der Waals surface area contributed by atoms with Gasteiger partial charge < -0.3 is 0 Å². The molecule has 0 unspecified atom stereocenters. The number of hydrogen-bond donors (Lipinski definition) is 2. The Hall–Kier alpha value is -3.20. The molecule has 27 heavy (non-hydrogen) atoms. The van der Waals surface area contributed by atoms with Crippen LogP contribution in [0.5, 0.6) is 0 Å². The second kappa shape index (κ2) is 8.00. The third kappa shape index (κ3) is 4.70. The first-order valence-corrected chi connectivity index (χ1v) is 9.86. The molecule has 2 amide bonds. The number of hydrazine groups is 1. The number of benzene rings is 1. The molecule has 1 saturated heterocycles. The van der Waals surface area contributed by atoms with Crippen LogP contribution in [0.4, 0.5) is 5.69 Å². The van der Waals surface area contributed by atoms with E-state index in [1.54, 1.807) is 42.5 Å². The van der Waals surface area contributed by atoms with E-state index in [4.69, 9.17) is 0 Å². The summed E-state index contributed by atoms with van der Waals surface area (Å²) in [5.41, 5.74) is 6.05. The van der Waals surface area contributed by atoms with E-state index >= 15 is 0 Å². The summed E-state index contributed by atoms with van der Waals surface area (Å²) >= 11 is 0. The van der Waals surface area contributed by atoms with E-state index in [-0.39, 0.29) is 11.4 Å². The summed E-state index contributed by atoms with van der Waals surface area (Å²) in [7, 11) is -3.21. The second-order valence-electron chi connectivity index (χ2n) is 5.82. The third-order valence-electron chi connectivity index (χ3n) is 3.90. The molecule has 8 nitrogen and oxygen atoms in total. The van der Waals surface area contributed by atoms with E-state index in [9.17, 15) is 18.0 Å². The molecule has 1 aliphatic heterocycles. The van der Waals surface area contributed by atoms with Crippen molar-refractivity contribution in [2.75, 3.05) is 16.6 Å². The van der Waals surface area contributed by atoms with Gasteiger partial charge in [-0.2, -0.15) is 0 Å². The largest absolute Gasteiger partial charge is 0.288 e. The molecule has 0 radical (unpaired) electrons. The molecule has 0 atom stereocenters. The number of aromatic nitrogens is 1. The number of anilines is 1. The minimum Gasteiger partial charge on any atom is -0.270 e. The highest BCUT2D eigenvalue weighted by Gasteiger charge is 2.28. The molecule has 1 fully saturated rings. The average molecular weight is 386 g/mol. The van der Waals surface area contributed by atoms with Gasteiger partial charge in [0.2, 0.25) is 10.0 Å². The summed E-state index contributed by atoms with van der Waals surface area (Å²) in [5.74, 6) is -0.863. The fourth-order valence-corrected chi connectivity index (χ4v) is 4.14. The lowest BCUT2D eigenvalue weighted by Crippen LogP contribution is -2.41. The minimum absolute atomic E-state index is 0.166. The molecule has 9 heteroatoms. The zero-order valence-corrected chi connectivity index (χ0v) is 15.1. The molecule has 1 aromatic carbocycles. The fourth-order valence-electron chi connectivity index (χ4n) is 2.57. The third-order valence-corrected chi connectivity index (χ3v) is 5.77. The summed E-state index contributed by atoms with van der Waals surface area (Å²) < 4.78 is 25.2. The van der Waals surface area contributed by atoms with Gasteiger partial charge in [-0.15, -0.1) is 0 Å². The van der Waals surface area contributed by atoms with E-state index in [0.29, 0.717) is 18.7 Å². The van der Waals surface area contributed by atoms with Crippen LogP contribution in [0, 0.1) is 0 Å². The van der Waals surface area contributed by atoms with Gasteiger partial charge in [0.25, 0.3) is 11.8 Å². The summed E-state index contributed by atoms with van der Waals surface area (Å²) in [6.07, 6.45) is 4.92. The first-order valence-electron chi connectivity index (χ1n) is 8.26. The lowest BCUT2D eigenvalue weighted by molar-refractivity contribution is -0.117. The first kappa shape index (κ1) is 18.6. The van der Waals surface area contributed by atoms with Gasteiger partial charge in [0.05, 0.1) is 11.4 Å².